The molecular weight excluding hydrogens is 330 g/mol. The SMILES string of the molecule is NNc1c2c(nc3c1cc(Br)c1ccccc13)CCOC2. The number of nitrogens with one attached hydrogen (secondary N) is 1. The zero-order valence-corrected chi connectivity index (χ0v) is 12.9. The van der Waals surface area contributed by atoms with E-state index in [-0.39, 0.29) is 0 Å². The predicted molar refractivity (Wildman–Crippen MR) is 88.1 cm³/mol. The average molecular weight is 344 g/mol. The quantitative estimate of drug-likeness (QED) is 0.403. The van der Waals surface area contributed by atoms with Crippen molar-refractivity contribution in [1.29, 1.82) is 0 Å². The van der Waals surface area contributed by atoms with E-state index in [1.165, 1.54) is 0 Å². The first kappa shape index (κ1) is 13.0. The number of rotatable bonds is 1. The number of fused-ring (bicyclic) bond motifs is 4. The lowest BCUT2D eigenvalue weighted by molar-refractivity contribution is 0.110. The highest BCUT2D eigenvalue weighted by Crippen LogP contribution is 2.37. The minimum atomic E-state index is 0.558. The Kier molecular flexibility index (Phi) is 3.06. The summed E-state index contributed by atoms with van der Waals surface area (Å²) in [4.78, 5) is 4.90. The van der Waals surface area contributed by atoms with Crippen LogP contribution in [0.1, 0.15) is 11.3 Å². The van der Waals surface area contributed by atoms with Gasteiger partial charge < -0.3 is 10.2 Å². The lowest BCUT2D eigenvalue weighted by Crippen LogP contribution is -2.18. The predicted octanol–water partition coefficient (Wildman–Crippen LogP) is 3.51. The topological polar surface area (TPSA) is 60.2 Å². The van der Waals surface area contributed by atoms with E-state index in [2.05, 4.69) is 39.6 Å². The van der Waals surface area contributed by atoms with E-state index in [4.69, 9.17) is 15.6 Å². The zero-order valence-electron chi connectivity index (χ0n) is 11.3. The molecule has 4 rings (SSSR count). The van der Waals surface area contributed by atoms with Crippen molar-refractivity contribution in [1.82, 2.24) is 4.98 Å². The largest absolute Gasteiger partial charge is 0.376 e. The van der Waals surface area contributed by atoms with Crippen molar-refractivity contribution in [3.63, 3.8) is 0 Å². The highest BCUT2D eigenvalue weighted by Gasteiger charge is 2.19. The van der Waals surface area contributed by atoms with Gasteiger partial charge in [0.15, 0.2) is 0 Å². The van der Waals surface area contributed by atoms with Gasteiger partial charge in [0.25, 0.3) is 0 Å². The number of ether oxygens (including phenoxy) is 1. The highest BCUT2D eigenvalue weighted by atomic mass is 79.9. The third-order valence-corrected chi connectivity index (χ3v) is 4.66. The minimum absolute atomic E-state index is 0.558. The fraction of sp³-hybridized carbons (Fsp3) is 0.188. The van der Waals surface area contributed by atoms with E-state index in [0.29, 0.717) is 13.2 Å². The number of hydrogen-bond acceptors (Lipinski definition) is 4. The molecule has 3 N–H and O–H groups in total. The third-order valence-electron chi connectivity index (χ3n) is 4.01. The molecule has 1 aliphatic rings. The number of hydrazine groups is 1. The third kappa shape index (κ3) is 1.92. The molecule has 2 heterocycles. The van der Waals surface area contributed by atoms with Crippen LogP contribution in [0, 0.1) is 0 Å². The maximum absolute atomic E-state index is 5.79. The van der Waals surface area contributed by atoms with Crippen molar-refractivity contribution in [2.24, 2.45) is 5.84 Å². The van der Waals surface area contributed by atoms with Crippen LogP contribution in [0.25, 0.3) is 21.7 Å². The average Bonchev–Trinajstić information content (AvgIpc) is 2.53. The van der Waals surface area contributed by atoms with Gasteiger partial charge in [-0.15, -0.1) is 0 Å². The van der Waals surface area contributed by atoms with Gasteiger partial charge in [0.05, 0.1) is 30.1 Å². The monoisotopic (exact) mass is 343 g/mol. The van der Waals surface area contributed by atoms with Gasteiger partial charge >= 0.3 is 0 Å². The Morgan fingerprint density at radius 1 is 1.19 bits per heavy atom. The molecule has 1 aliphatic heterocycles. The summed E-state index contributed by atoms with van der Waals surface area (Å²) >= 11 is 3.65. The van der Waals surface area contributed by atoms with Crippen molar-refractivity contribution in [2.75, 3.05) is 12.0 Å². The van der Waals surface area contributed by atoms with E-state index in [1.54, 1.807) is 0 Å². The van der Waals surface area contributed by atoms with Crippen LogP contribution < -0.4 is 11.3 Å². The second-order valence-corrected chi connectivity index (χ2v) is 6.01. The second-order valence-electron chi connectivity index (χ2n) is 5.16. The molecule has 0 bridgehead atoms. The summed E-state index contributed by atoms with van der Waals surface area (Å²) in [7, 11) is 0. The van der Waals surface area contributed by atoms with Crippen molar-refractivity contribution in [3.8, 4) is 0 Å². The number of benzene rings is 2. The van der Waals surface area contributed by atoms with Crippen LogP contribution in [0.3, 0.4) is 0 Å². The summed E-state index contributed by atoms with van der Waals surface area (Å²) in [5, 5.41) is 3.31. The Bertz CT molecular complexity index is 863. The van der Waals surface area contributed by atoms with Crippen molar-refractivity contribution in [2.45, 2.75) is 13.0 Å². The van der Waals surface area contributed by atoms with Crippen LogP contribution in [-0.2, 0) is 17.8 Å². The first-order valence-corrected chi connectivity index (χ1v) is 7.66. The highest BCUT2D eigenvalue weighted by molar-refractivity contribution is 9.10. The van der Waals surface area contributed by atoms with Gasteiger partial charge in [-0.3, -0.25) is 10.8 Å². The molecule has 4 nitrogen and oxygen atoms in total. The molecule has 0 atom stereocenters. The maximum Gasteiger partial charge on any atom is 0.0805 e. The lowest BCUT2D eigenvalue weighted by atomic mass is 9.99. The summed E-state index contributed by atoms with van der Waals surface area (Å²) in [5.41, 5.74) is 6.90. The number of nitrogen functional groups attached to an aromatic ring is 1. The number of anilines is 1. The Morgan fingerprint density at radius 3 is 2.81 bits per heavy atom. The summed E-state index contributed by atoms with van der Waals surface area (Å²) in [6.07, 6.45) is 0.824. The van der Waals surface area contributed by atoms with Crippen LogP contribution in [0.15, 0.2) is 34.8 Å². The summed E-state index contributed by atoms with van der Waals surface area (Å²) in [6.45, 7) is 1.27. The van der Waals surface area contributed by atoms with Crippen LogP contribution >= 0.6 is 15.9 Å². The molecule has 0 aliphatic carbocycles. The van der Waals surface area contributed by atoms with E-state index < -0.39 is 0 Å². The maximum atomic E-state index is 5.79. The van der Waals surface area contributed by atoms with Gasteiger partial charge in [-0.05, 0) is 11.5 Å². The molecule has 21 heavy (non-hydrogen) atoms. The van der Waals surface area contributed by atoms with Gasteiger partial charge in [0.2, 0.25) is 0 Å². The number of halogens is 1. The number of hydrogen-bond donors (Lipinski definition) is 2. The number of aromatic nitrogens is 1. The van der Waals surface area contributed by atoms with E-state index in [1.807, 2.05) is 12.1 Å². The molecule has 1 aromatic heterocycles. The van der Waals surface area contributed by atoms with E-state index in [9.17, 15) is 0 Å². The fourth-order valence-electron chi connectivity index (χ4n) is 3.01. The first-order valence-electron chi connectivity index (χ1n) is 6.86. The second kappa shape index (κ2) is 4.94. The lowest BCUT2D eigenvalue weighted by Gasteiger charge is -2.21. The van der Waals surface area contributed by atoms with Crippen LogP contribution in [0.2, 0.25) is 0 Å². The molecule has 0 radical (unpaired) electrons. The van der Waals surface area contributed by atoms with Crippen molar-refractivity contribution < 1.29 is 4.74 Å². The Balaban J connectivity index is 2.20. The molecule has 0 saturated heterocycles. The molecule has 0 fully saturated rings. The molecule has 0 saturated carbocycles. The normalized spacial score (nSPS) is 14.4. The molecule has 0 amide bonds. The first-order chi connectivity index (χ1) is 10.3. The summed E-state index contributed by atoms with van der Waals surface area (Å²) in [6, 6.07) is 10.3. The van der Waals surface area contributed by atoms with Crippen LogP contribution in [0.4, 0.5) is 5.69 Å². The molecule has 2 aromatic carbocycles. The van der Waals surface area contributed by atoms with Gasteiger partial charge in [-0.2, -0.15) is 0 Å². The molecule has 5 heteroatoms. The zero-order chi connectivity index (χ0) is 14.4. The number of nitrogens with zero attached hydrogens (tertiary/aromatic N) is 1. The van der Waals surface area contributed by atoms with Crippen molar-refractivity contribution >= 4 is 43.3 Å². The standard InChI is InChI=1S/C16H14BrN3O/c17-13-7-11-15(10-4-2-1-3-9(10)13)19-14-5-6-21-8-12(14)16(11)20-18/h1-4,7H,5-6,8,18H2,(H,19,20). The molecule has 0 spiro atoms. The summed E-state index contributed by atoms with van der Waals surface area (Å²) < 4.78 is 6.60. The van der Waals surface area contributed by atoms with Gasteiger partial charge in [-0.25, -0.2) is 0 Å². The molecule has 0 unspecified atom stereocenters. The molecule has 106 valence electrons. The van der Waals surface area contributed by atoms with Crippen LogP contribution in [-0.4, -0.2) is 11.6 Å². The van der Waals surface area contributed by atoms with Crippen LogP contribution in [0.5, 0.6) is 0 Å². The fourth-order valence-corrected chi connectivity index (χ4v) is 3.58. The van der Waals surface area contributed by atoms with E-state index >= 15 is 0 Å². The van der Waals surface area contributed by atoms with Gasteiger partial charge in [0.1, 0.15) is 0 Å². The Labute approximate surface area is 130 Å². The van der Waals surface area contributed by atoms with Gasteiger partial charge in [-0.1, -0.05) is 40.2 Å². The number of pyridine rings is 1. The summed E-state index contributed by atoms with van der Waals surface area (Å²) in [5.74, 6) is 5.79. The van der Waals surface area contributed by atoms with Gasteiger partial charge in [0, 0.05) is 27.2 Å². The minimum Gasteiger partial charge on any atom is -0.376 e. The smallest absolute Gasteiger partial charge is 0.0805 e. The van der Waals surface area contributed by atoms with E-state index in [0.717, 1.165) is 49.5 Å². The Hall–Kier alpha value is -1.69. The Morgan fingerprint density at radius 2 is 2.00 bits per heavy atom. The molecular formula is C16H14BrN3O. The molecule has 3 aromatic rings. The number of nitrogens with two attached hydrogens (primary N) is 1. The van der Waals surface area contributed by atoms with Crippen molar-refractivity contribution in [3.05, 3.63) is 46.1 Å².